The molecule has 0 bridgehead atoms. The molecule has 1 aliphatic rings. The molecule has 0 fully saturated rings. The number of amidine groups is 1. The van der Waals surface area contributed by atoms with Crippen molar-refractivity contribution in [3.63, 3.8) is 0 Å². The highest BCUT2D eigenvalue weighted by atomic mass is 15.2. The van der Waals surface area contributed by atoms with Gasteiger partial charge >= 0.3 is 0 Å². The zero-order valence-corrected chi connectivity index (χ0v) is 26.2. The van der Waals surface area contributed by atoms with Crippen molar-refractivity contribution in [1.82, 2.24) is 9.88 Å². The van der Waals surface area contributed by atoms with E-state index in [1.807, 2.05) is 18.5 Å². The fraction of sp³-hybridized carbons (Fsp3) is 0.0455. The molecular weight excluding hydrogens is 571 g/mol. The Morgan fingerprint density at radius 1 is 0.468 bits per heavy atom. The average molecular weight is 604 g/mol. The molecule has 0 amide bonds. The monoisotopic (exact) mass is 603 g/mol. The molecule has 2 heterocycles. The molecular formula is C44H33N3. The first-order valence-corrected chi connectivity index (χ1v) is 16.0. The number of nitrogens with zero attached hydrogens (tertiary/aromatic N) is 3. The molecule has 0 spiro atoms. The van der Waals surface area contributed by atoms with Gasteiger partial charge in [-0.05, 0) is 68.4 Å². The van der Waals surface area contributed by atoms with Gasteiger partial charge in [-0.2, -0.15) is 0 Å². The Labute approximate surface area is 275 Å². The molecule has 0 saturated heterocycles. The predicted molar refractivity (Wildman–Crippen MR) is 196 cm³/mol. The summed E-state index contributed by atoms with van der Waals surface area (Å²) in [6.45, 7) is 0. The predicted octanol–water partition coefficient (Wildman–Crippen LogP) is 10.7. The van der Waals surface area contributed by atoms with Crippen molar-refractivity contribution in [2.75, 3.05) is 7.05 Å². The quantitative estimate of drug-likeness (QED) is 0.189. The highest BCUT2D eigenvalue weighted by molar-refractivity contribution is 6.03. The van der Waals surface area contributed by atoms with Crippen LogP contribution in [0.3, 0.4) is 0 Å². The second-order valence-electron chi connectivity index (χ2n) is 12.0. The molecule has 7 aromatic rings. The standard InChI is InChI=1S/C44H33N3/c1-47-43(35-21-16-33(17-22-35)31-9-3-2-4-10-31)29-42(40-14-7-13-38(28-40)41-15-8-26-45-30-41)46-44(47)36-23-18-34(19-24-36)39-25-20-32-11-5-6-12-37(32)27-39/h2-30,43H,1H3. The number of hydrogen-bond acceptors (Lipinski definition) is 3. The Morgan fingerprint density at radius 2 is 1.06 bits per heavy atom. The minimum Gasteiger partial charge on any atom is -0.349 e. The molecule has 3 nitrogen and oxygen atoms in total. The molecule has 0 saturated carbocycles. The number of hydrogen-bond donors (Lipinski definition) is 0. The maximum Gasteiger partial charge on any atom is 0.137 e. The Bertz CT molecular complexity index is 2230. The second kappa shape index (κ2) is 12.4. The number of likely N-dealkylation sites (N-methyl/N-ethyl adjacent to an activating group) is 1. The van der Waals surface area contributed by atoms with Gasteiger partial charge in [-0.1, -0.05) is 140 Å². The van der Waals surface area contributed by atoms with Gasteiger partial charge < -0.3 is 4.90 Å². The lowest BCUT2D eigenvalue weighted by Gasteiger charge is -2.33. The summed E-state index contributed by atoms with van der Waals surface area (Å²) < 4.78 is 0. The zero-order chi connectivity index (χ0) is 31.6. The zero-order valence-electron chi connectivity index (χ0n) is 26.2. The first-order chi connectivity index (χ1) is 23.2. The summed E-state index contributed by atoms with van der Waals surface area (Å²) in [6.07, 6.45) is 6.00. The van der Waals surface area contributed by atoms with Gasteiger partial charge in [0.1, 0.15) is 5.84 Å². The van der Waals surface area contributed by atoms with Crippen LogP contribution in [-0.2, 0) is 0 Å². The second-order valence-corrected chi connectivity index (χ2v) is 12.0. The third-order valence-electron chi connectivity index (χ3n) is 9.03. The molecule has 0 radical (unpaired) electrons. The van der Waals surface area contributed by atoms with Crippen molar-refractivity contribution in [2.45, 2.75) is 6.04 Å². The van der Waals surface area contributed by atoms with Crippen LogP contribution in [0.2, 0.25) is 0 Å². The van der Waals surface area contributed by atoms with E-state index in [9.17, 15) is 0 Å². The van der Waals surface area contributed by atoms with Crippen molar-refractivity contribution in [3.8, 4) is 33.4 Å². The molecule has 0 N–H and O–H groups in total. The van der Waals surface area contributed by atoms with Crippen molar-refractivity contribution in [2.24, 2.45) is 4.99 Å². The Balaban J connectivity index is 1.18. The van der Waals surface area contributed by atoms with Gasteiger partial charge in [0.25, 0.3) is 0 Å². The van der Waals surface area contributed by atoms with E-state index in [2.05, 4.69) is 175 Å². The van der Waals surface area contributed by atoms with Crippen LogP contribution in [0.5, 0.6) is 0 Å². The number of benzene rings is 6. The van der Waals surface area contributed by atoms with Gasteiger partial charge in [0.2, 0.25) is 0 Å². The highest BCUT2D eigenvalue weighted by Crippen LogP contribution is 2.35. The number of aliphatic imine (C=N–C) groups is 1. The molecule has 1 atom stereocenters. The van der Waals surface area contributed by atoms with Gasteiger partial charge in [-0.25, -0.2) is 4.99 Å². The molecule has 224 valence electrons. The topological polar surface area (TPSA) is 28.5 Å². The number of rotatable bonds is 6. The summed E-state index contributed by atoms with van der Waals surface area (Å²) in [4.78, 5) is 11.9. The lowest BCUT2D eigenvalue weighted by atomic mass is 9.95. The number of aromatic nitrogens is 1. The van der Waals surface area contributed by atoms with Crippen LogP contribution in [0.15, 0.2) is 181 Å². The first-order valence-electron chi connectivity index (χ1n) is 16.0. The van der Waals surface area contributed by atoms with E-state index in [1.54, 1.807) is 0 Å². The van der Waals surface area contributed by atoms with Crippen LogP contribution in [0.4, 0.5) is 0 Å². The van der Waals surface area contributed by atoms with Gasteiger partial charge in [0, 0.05) is 36.1 Å². The van der Waals surface area contributed by atoms with Crippen molar-refractivity contribution >= 4 is 22.3 Å². The molecule has 0 aliphatic carbocycles. The van der Waals surface area contributed by atoms with E-state index >= 15 is 0 Å². The fourth-order valence-electron chi connectivity index (χ4n) is 6.45. The van der Waals surface area contributed by atoms with Crippen molar-refractivity contribution in [3.05, 3.63) is 193 Å². The van der Waals surface area contributed by atoms with E-state index in [4.69, 9.17) is 4.99 Å². The highest BCUT2D eigenvalue weighted by Gasteiger charge is 2.26. The third kappa shape index (κ3) is 5.76. The minimum absolute atomic E-state index is 0.00420. The van der Waals surface area contributed by atoms with E-state index < -0.39 is 0 Å². The van der Waals surface area contributed by atoms with Crippen LogP contribution in [-0.4, -0.2) is 22.8 Å². The van der Waals surface area contributed by atoms with Crippen LogP contribution < -0.4 is 0 Å². The number of fused-ring (bicyclic) bond motifs is 1. The molecule has 1 aromatic heterocycles. The summed E-state index contributed by atoms with van der Waals surface area (Å²) in [5, 5.41) is 2.50. The molecule has 8 rings (SSSR count). The van der Waals surface area contributed by atoms with E-state index in [0.29, 0.717) is 0 Å². The average Bonchev–Trinajstić information content (AvgIpc) is 3.16. The Hall–Kier alpha value is -6.06. The van der Waals surface area contributed by atoms with E-state index in [1.165, 1.54) is 38.6 Å². The summed E-state index contributed by atoms with van der Waals surface area (Å²) >= 11 is 0. The maximum atomic E-state index is 5.31. The van der Waals surface area contributed by atoms with Gasteiger partial charge in [0.15, 0.2) is 0 Å². The van der Waals surface area contributed by atoms with Gasteiger partial charge in [-0.15, -0.1) is 0 Å². The molecule has 1 unspecified atom stereocenters. The normalized spacial score (nSPS) is 14.5. The Morgan fingerprint density at radius 3 is 1.85 bits per heavy atom. The summed E-state index contributed by atoms with van der Waals surface area (Å²) in [6, 6.07) is 56.1. The minimum atomic E-state index is 0.00420. The SMILES string of the molecule is CN1C(c2ccc(-c3ccc4ccccc4c3)cc2)=NC(c2cccc(-c3cccnc3)c2)=CC1c1ccc(-c2ccccc2)cc1. The lowest BCUT2D eigenvalue weighted by Crippen LogP contribution is -2.33. The van der Waals surface area contributed by atoms with E-state index in [0.717, 1.165) is 33.8 Å². The van der Waals surface area contributed by atoms with Crippen LogP contribution in [0.25, 0.3) is 49.9 Å². The smallest absolute Gasteiger partial charge is 0.137 e. The molecule has 47 heavy (non-hydrogen) atoms. The largest absolute Gasteiger partial charge is 0.349 e. The molecule has 3 heteroatoms. The van der Waals surface area contributed by atoms with Crippen molar-refractivity contribution in [1.29, 1.82) is 0 Å². The fourth-order valence-corrected chi connectivity index (χ4v) is 6.45. The van der Waals surface area contributed by atoms with Crippen LogP contribution in [0, 0.1) is 0 Å². The molecule has 1 aliphatic heterocycles. The van der Waals surface area contributed by atoms with Crippen LogP contribution in [0.1, 0.15) is 22.7 Å². The van der Waals surface area contributed by atoms with Gasteiger partial charge in [-0.3, -0.25) is 4.98 Å². The molecule has 6 aromatic carbocycles. The lowest BCUT2D eigenvalue weighted by molar-refractivity contribution is 0.435. The maximum absolute atomic E-state index is 5.31. The summed E-state index contributed by atoms with van der Waals surface area (Å²) in [5.74, 6) is 0.941. The summed E-state index contributed by atoms with van der Waals surface area (Å²) in [7, 11) is 2.14. The van der Waals surface area contributed by atoms with Gasteiger partial charge in [0.05, 0.1) is 11.7 Å². The number of pyridine rings is 1. The third-order valence-corrected chi connectivity index (χ3v) is 9.03. The summed E-state index contributed by atoms with van der Waals surface area (Å²) in [5.41, 5.74) is 11.4. The Kier molecular flexibility index (Phi) is 7.49. The first kappa shape index (κ1) is 28.4. The van der Waals surface area contributed by atoms with Crippen LogP contribution >= 0.6 is 0 Å². The van der Waals surface area contributed by atoms with Crippen molar-refractivity contribution < 1.29 is 0 Å². The van der Waals surface area contributed by atoms with E-state index in [-0.39, 0.29) is 6.04 Å².